The van der Waals surface area contributed by atoms with E-state index in [2.05, 4.69) is 13.0 Å². The zero-order valence-electron chi connectivity index (χ0n) is 11.7. The molecule has 1 rings (SSSR count). The number of nitriles is 1. The maximum atomic E-state index is 9.91. The topological polar surface area (TPSA) is 56.5 Å². The lowest BCUT2D eigenvalue weighted by Gasteiger charge is -2.21. The molecule has 0 bridgehead atoms. The van der Waals surface area contributed by atoms with Gasteiger partial charge in [-0.2, -0.15) is 5.26 Å². The summed E-state index contributed by atoms with van der Waals surface area (Å²) in [5.74, 6) is 0.756. The van der Waals surface area contributed by atoms with Gasteiger partial charge < -0.3 is 9.84 Å². The molecule has 0 fully saturated rings. The molecule has 104 valence electrons. The van der Waals surface area contributed by atoms with Crippen molar-refractivity contribution in [3.8, 4) is 11.8 Å². The Bertz CT molecular complexity index is 398. The molecule has 4 nitrogen and oxygen atoms in total. The fourth-order valence-corrected chi connectivity index (χ4v) is 1.83. The highest BCUT2D eigenvalue weighted by atomic mass is 16.5. The molecule has 0 aromatic heterocycles. The summed E-state index contributed by atoms with van der Waals surface area (Å²) in [6.07, 6.45) is 0.383. The normalized spacial score (nSPS) is 12.2. The Balaban J connectivity index is 2.35. The van der Waals surface area contributed by atoms with Crippen LogP contribution in [0.2, 0.25) is 0 Å². The molecule has 0 amide bonds. The number of aliphatic hydroxyl groups is 1. The summed E-state index contributed by atoms with van der Waals surface area (Å²) in [6.45, 7) is 5.94. The van der Waals surface area contributed by atoms with E-state index in [0.29, 0.717) is 13.1 Å². The average Bonchev–Trinajstić information content (AvgIpc) is 2.39. The molecule has 0 aliphatic carbocycles. The predicted octanol–water partition coefficient (Wildman–Crippen LogP) is 1.97. The van der Waals surface area contributed by atoms with Crippen LogP contribution in [0.1, 0.15) is 18.9 Å². The fourth-order valence-electron chi connectivity index (χ4n) is 1.83. The third-order valence-electron chi connectivity index (χ3n) is 2.77. The Morgan fingerprint density at radius 1 is 1.37 bits per heavy atom. The summed E-state index contributed by atoms with van der Waals surface area (Å²) in [5.41, 5.74) is 1.18. The van der Waals surface area contributed by atoms with Gasteiger partial charge in [0.25, 0.3) is 0 Å². The molecule has 0 aliphatic heterocycles. The molecule has 1 aromatic carbocycles. The summed E-state index contributed by atoms with van der Waals surface area (Å²) in [7, 11) is 0. The van der Waals surface area contributed by atoms with Crippen LogP contribution in [-0.2, 0) is 0 Å². The second-order valence-corrected chi connectivity index (χ2v) is 4.67. The van der Waals surface area contributed by atoms with Gasteiger partial charge in [-0.25, -0.2) is 0 Å². The molecule has 1 atom stereocenters. The minimum Gasteiger partial charge on any atom is -0.491 e. The van der Waals surface area contributed by atoms with Crippen LogP contribution in [0.3, 0.4) is 0 Å². The van der Waals surface area contributed by atoms with Crippen molar-refractivity contribution in [1.29, 1.82) is 5.26 Å². The van der Waals surface area contributed by atoms with E-state index in [4.69, 9.17) is 10.00 Å². The highest BCUT2D eigenvalue weighted by Crippen LogP contribution is 2.11. The van der Waals surface area contributed by atoms with Crippen molar-refractivity contribution in [3.05, 3.63) is 29.8 Å². The van der Waals surface area contributed by atoms with E-state index in [-0.39, 0.29) is 6.61 Å². The molecule has 1 unspecified atom stereocenters. The number of benzene rings is 1. The monoisotopic (exact) mass is 262 g/mol. The van der Waals surface area contributed by atoms with E-state index in [1.54, 1.807) is 0 Å². The number of ether oxygens (including phenoxy) is 1. The number of hydrogen-bond donors (Lipinski definition) is 1. The van der Waals surface area contributed by atoms with Gasteiger partial charge in [0.2, 0.25) is 0 Å². The third-order valence-corrected chi connectivity index (χ3v) is 2.77. The predicted molar refractivity (Wildman–Crippen MR) is 75.0 cm³/mol. The van der Waals surface area contributed by atoms with Gasteiger partial charge in [-0.3, -0.25) is 4.90 Å². The second kappa shape index (κ2) is 8.52. The molecule has 19 heavy (non-hydrogen) atoms. The first-order valence-electron chi connectivity index (χ1n) is 6.62. The SMILES string of the molecule is CCCN(CC#N)CC(O)COc1ccc(C)cc1. The number of aliphatic hydroxyl groups excluding tert-OH is 1. The third kappa shape index (κ3) is 6.23. The van der Waals surface area contributed by atoms with Gasteiger partial charge in [0, 0.05) is 6.54 Å². The second-order valence-electron chi connectivity index (χ2n) is 4.67. The highest BCUT2D eigenvalue weighted by molar-refractivity contribution is 5.26. The lowest BCUT2D eigenvalue weighted by molar-refractivity contribution is 0.0724. The summed E-state index contributed by atoms with van der Waals surface area (Å²) in [6, 6.07) is 9.84. The van der Waals surface area contributed by atoms with Gasteiger partial charge in [-0.05, 0) is 32.0 Å². The highest BCUT2D eigenvalue weighted by Gasteiger charge is 2.11. The Hall–Kier alpha value is -1.57. The molecular formula is C15H22N2O2. The molecule has 0 radical (unpaired) electrons. The molecule has 0 saturated heterocycles. The molecule has 1 aromatic rings. The van der Waals surface area contributed by atoms with E-state index in [1.165, 1.54) is 5.56 Å². The summed E-state index contributed by atoms with van der Waals surface area (Å²) < 4.78 is 5.52. The van der Waals surface area contributed by atoms with Gasteiger partial charge in [0.05, 0.1) is 12.6 Å². The zero-order valence-corrected chi connectivity index (χ0v) is 11.7. The Morgan fingerprint density at radius 2 is 2.05 bits per heavy atom. The molecular weight excluding hydrogens is 240 g/mol. The Labute approximate surface area is 115 Å². The first kappa shape index (κ1) is 15.5. The van der Waals surface area contributed by atoms with Gasteiger partial charge in [0.15, 0.2) is 0 Å². The lowest BCUT2D eigenvalue weighted by Crippen LogP contribution is -2.36. The van der Waals surface area contributed by atoms with Crippen molar-refractivity contribution in [2.75, 3.05) is 26.2 Å². The van der Waals surface area contributed by atoms with E-state index < -0.39 is 6.10 Å². The van der Waals surface area contributed by atoms with Crippen molar-refractivity contribution in [1.82, 2.24) is 4.90 Å². The maximum absolute atomic E-state index is 9.91. The van der Waals surface area contributed by atoms with E-state index in [0.717, 1.165) is 18.7 Å². The Morgan fingerprint density at radius 3 is 2.63 bits per heavy atom. The first-order valence-corrected chi connectivity index (χ1v) is 6.62. The number of rotatable bonds is 8. The summed E-state index contributed by atoms with van der Waals surface area (Å²) in [5, 5.41) is 18.6. The Kier molecular flexibility index (Phi) is 6.94. The van der Waals surface area contributed by atoms with Crippen LogP contribution in [-0.4, -0.2) is 42.4 Å². The fraction of sp³-hybridized carbons (Fsp3) is 0.533. The summed E-state index contributed by atoms with van der Waals surface area (Å²) in [4.78, 5) is 1.93. The average molecular weight is 262 g/mol. The zero-order chi connectivity index (χ0) is 14.1. The van der Waals surface area contributed by atoms with Crippen LogP contribution in [0, 0.1) is 18.3 Å². The van der Waals surface area contributed by atoms with Gasteiger partial charge in [-0.1, -0.05) is 24.6 Å². The van der Waals surface area contributed by atoms with Crippen molar-refractivity contribution in [3.63, 3.8) is 0 Å². The van der Waals surface area contributed by atoms with Crippen LogP contribution >= 0.6 is 0 Å². The van der Waals surface area contributed by atoms with E-state index in [9.17, 15) is 5.11 Å². The van der Waals surface area contributed by atoms with E-state index >= 15 is 0 Å². The largest absolute Gasteiger partial charge is 0.491 e. The smallest absolute Gasteiger partial charge is 0.119 e. The molecule has 0 heterocycles. The molecule has 0 aliphatic rings. The van der Waals surface area contributed by atoms with Crippen molar-refractivity contribution in [2.45, 2.75) is 26.4 Å². The minimum atomic E-state index is -0.582. The molecule has 0 saturated carbocycles. The van der Waals surface area contributed by atoms with Crippen LogP contribution < -0.4 is 4.74 Å². The lowest BCUT2D eigenvalue weighted by atomic mass is 10.2. The number of aryl methyl sites for hydroxylation is 1. The van der Waals surface area contributed by atoms with Gasteiger partial charge >= 0.3 is 0 Å². The van der Waals surface area contributed by atoms with Crippen LogP contribution in [0.4, 0.5) is 0 Å². The van der Waals surface area contributed by atoms with Crippen molar-refractivity contribution >= 4 is 0 Å². The number of nitrogens with zero attached hydrogens (tertiary/aromatic N) is 2. The quantitative estimate of drug-likeness (QED) is 0.728. The minimum absolute atomic E-state index is 0.245. The molecule has 1 N–H and O–H groups in total. The van der Waals surface area contributed by atoms with E-state index in [1.807, 2.05) is 36.1 Å². The maximum Gasteiger partial charge on any atom is 0.119 e. The number of hydrogen-bond acceptors (Lipinski definition) is 4. The summed E-state index contributed by atoms with van der Waals surface area (Å²) >= 11 is 0. The first-order chi connectivity index (χ1) is 9.15. The molecule has 0 spiro atoms. The molecule has 4 heteroatoms. The van der Waals surface area contributed by atoms with Crippen LogP contribution in [0.15, 0.2) is 24.3 Å². The van der Waals surface area contributed by atoms with Crippen LogP contribution in [0.25, 0.3) is 0 Å². The van der Waals surface area contributed by atoms with Crippen LogP contribution in [0.5, 0.6) is 5.75 Å². The standard InChI is InChI=1S/C15H22N2O2/c1-3-9-17(10-8-16)11-14(18)12-19-15-6-4-13(2)5-7-15/h4-7,14,18H,3,9-12H2,1-2H3. The van der Waals surface area contributed by atoms with Crippen molar-refractivity contribution in [2.24, 2.45) is 0 Å². The van der Waals surface area contributed by atoms with Gasteiger partial charge in [0.1, 0.15) is 18.5 Å². The van der Waals surface area contributed by atoms with Gasteiger partial charge in [-0.15, -0.1) is 0 Å². The van der Waals surface area contributed by atoms with Crippen molar-refractivity contribution < 1.29 is 9.84 Å².